The molecule has 3 heterocycles. The number of anilines is 1. The Hall–Kier alpha value is -1.74. The fraction of sp³-hybridized carbons (Fsp3) is 0.545. The van der Waals surface area contributed by atoms with Gasteiger partial charge in [0, 0.05) is 24.3 Å². The first-order valence-corrected chi connectivity index (χ1v) is 6.10. The summed E-state index contributed by atoms with van der Waals surface area (Å²) in [4.78, 5) is 6.57. The lowest BCUT2D eigenvalue weighted by atomic mass is 9.84. The number of aromatic nitrogens is 1. The number of aromatic amines is 1. The molecule has 0 radical (unpaired) electrons. The van der Waals surface area contributed by atoms with Crippen LogP contribution in [0.2, 0.25) is 0 Å². The van der Waals surface area contributed by atoms with Crippen LogP contribution in [0.15, 0.2) is 11.2 Å². The molecule has 1 aromatic rings. The molecular weight excluding hydrogens is 275 g/mol. The van der Waals surface area contributed by atoms with Crippen LogP contribution in [-0.2, 0) is 16.6 Å². The third-order valence-electron chi connectivity index (χ3n) is 3.70. The fourth-order valence-electron chi connectivity index (χ4n) is 2.75. The van der Waals surface area contributed by atoms with Gasteiger partial charge in [0.05, 0.1) is 12.2 Å². The Morgan fingerprint density at radius 3 is 2.80 bits per heavy atom. The van der Waals surface area contributed by atoms with Gasteiger partial charge in [0.2, 0.25) is 0 Å². The first-order chi connectivity index (χ1) is 9.32. The molecule has 3 rings (SSSR count). The summed E-state index contributed by atoms with van der Waals surface area (Å²) in [5.41, 5.74) is 9.36. The van der Waals surface area contributed by atoms with Gasteiger partial charge in [-0.2, -0.15) is 13.2 Å². The van der Waals surface area contributed by atoms with Crippen molar-refractivity contribution in [2.45, 2.75) is 18.3 Å². The highest BCUT2D eigenvalue weighted by Gasteiger charge is 2.49. The van der Waals surface area contributed by atoms with Crippen molar-refractivity contribution >= 4 is 11.8 Å². The molecule has 0 saturated carbocycles. The molecule has 2 aliphatic rings. The van der Waals surface area contributed by atoms with Crippen LogP contribution in [0.1, 0.15) is 17.5 Å². The molecule has 9 heteroatoms. The van der Waals surface area contributed by atoms with Gasteiger partial charge in [0.1, 0.15) is 11.5 Å². The molecular formula is C11H14F3N5O. The average molecular weight is 289 g/mol. The van der Waals surface area contributed by atoms with E-state index in [1.807, 2.05) is 0 Å². The predicted molar refractivity (Wildman–Crippen MR) is 65.8 cm³/mol. The number of fused-ring (bicyclic) bond motifs is 1. The molecule has 1 fully saturated rings. The van der Waals surface area contributed by atoms with E-state index in [1.54, 1.807) is 0 Å². The van der Waals surface area contributed by atoms with Gasteiger partial charge in [-0.15, -0.1) is 0 Å². The van der Waals surface area contributed by atoms with Gasteiger partial charge in [-0.05, 0) is 6.42 Å². The van der Waals surface area contributed by atoms with E-state index >= 15 is 0 Å². The molecule has 0 aliphatic carbocycles. The van der Waals surface area contributed by atoms with Crippen LogP contribution in [0.5, 0.6) is 0 Å². The summed E-state index contributed by atoms with van der Waals surface area (Å²) in [5.74, 6) is -0.222. The number of rotatable bonds is 1. The van der Waals surface area contributed by atoms with E-state index in [4.69, 9.17) is 16.2 Å². The van der Waals surface area contributed by atoms with Crippen molar-refractivity contribution in [2.75, 3.05) is 18.5 Å². The third-order valence-corrected chi connectivity index (χ3v) is 3.70. The number of H-pyrrole nitrogens is 1. The van der Waals surface area contributed by atoms with Crippen molar-refractivity contribution < 1.29 is 17.9 Å². The lowest BCUT2D eigenvalue weighted by Gasteiger charge is -2.35. The van der Waals surface area contributed by atoms with E-state index in [9.17, 15) is 13.2 Å². The second kappa shape index (κ2) is 4.13. The number of ether oxygens (including phenoxy) is 1. The van der Waals surface area contributed by atoms with Gasteiger partial charge in [-0.25, -0.2) is 4.99 Å². The molecule has 110 valence electrons. The average Bonchev–Trinajstić information content (AvgIpc) is 2.95. The number of aliphatic imine (C=N–C) groups is 1. The normalized spacial score (nSPS) is 29.8. The predicted octanol–water partition coefficient (Wildman–Crippen LogP) is 0.922. The van der Waals surface area contributed by atoms with Gasteiger partial charge in [0.15, 0.2) is 5.96 Å². The molecule has 0 bridgehead atoms. The number of halogens is 3. The highest BCUT2D eigenvalue weighted by atomic mass is 19.4. The first kappa shape index (κ1) is 13.3. The van der Waals surface area contributed by atoms with E-state index in [-0.39, 0.29) is 29.9 Å². The van der Waals surface area contributed by atoms with E-state index in [1.165, 1.54) is 0 Å². The molecule has 0 spiro atoms. The third kappa shape index (κ3) is 1.85. The summed E-state index contributed by atoms with van der Waals surface area (Å²) in [6, 6.07) is 0. The van der Waals surface area contributed by atoms with Gasteiger partial charge in [-0.1, -0.05) is 0 Å². The second-order valence-corrected chi connectivity index (χ2v) is 4.96. The number of hydrogen-bond acceptors (Lipinski definition) is 5. The zero-order valence-electron chi connectivity index (χ0n) is 10.4. The van der Waals surface area contributed by atoms with Crippen LogP contribution in [-0.4, -0.2) is 24.2 Å². The highest BCUT2D eigenvalue weighted by Crippen LogP contribution is 2.46. The topological polar surface area (TPSA) is 101 Å². The van der Waals surface area contributed by atoms with E-state index in [0.717, 1.165) is 6.20 Å². The lowest BCUT2D eigenvalue weighted by molar-refractivity contribution is -0.138. The fourth-order valence-corrected chi connectivity index (χ4v) is 2.75. The standard InChI is InChI=1S/C11H14F3N5O/c12-11(13,14)6-3-17-8-7(6)10(16,19-9(15)18-8)5-1-2-20-4-5/h3,5,17H,1-2,4,16H2,(H3,15,18,19). The highest BCUT2D eigenvalue weighted by molar-refractivity contribution is 5.95. The summed E-state index contributed by atoms with van der Waals surface area (Å²) >= 11 is 0. The molecule has 2 atom stereocenters. The first-order valence-electron chi connectivity index (χ1n) is 6.10. The van der Waals surface area contributed by atoms with Crippen molar-refractivity contribution in [3.63, 3.8) is 0 Å². The van der Waals surface area contributed by atoms with E-state index in [0.29, 0.717) is 13.0 Å². The summed E-state index contributed by atoms with van der Waals surface area (Å²) in [7, 11) is 0. The quantitative estimate of drug-likeness (QED) is 0.617. The molecule has 1 aromatic heterocycles. The Morgan fingerprint density at radius 1 is 1.45 bits per heavy atom. The second-order valence-electron chi connectivity index (χ2n) is 4.96. The number of guanidine groups is 1. The van der Waals surface area contributed by atoms with Crippen molar-refractivity contribution in [2.24, 2.45) is 22.4 Å². The van der Waals surface area contributed by atoms with Gasteiger partial charge < -0.3 is 26.5 Å². The molecule has 0 amide bonds. The molecule has 6 nitrogen and oxygen atoms in total. The SMILES string of the molecule is NC1=NC(N)(C2CCOC2)c2c(C(F)(F)F)c[nH]c2N1. The number of alkyl halides is 3. The largest absolute Gasteiger partial charge is 0.418 e. The summed E-state index contributed by atoms with van der Waals surface area (Å²) in [6.07, 6.45) is -3.10. The number of nitrogens with two attached hydrogens (primary N) is 2. The Labute approximate surface area is 112 Å². The number of hydrogen-bond donors (Lipinski definition) is 4. The van der Waals surface area contributed by atoms with Gasteiger partial charge >= 0.3 is 6.18 Å². The van der Waals surface area contributed by atoms with Crippen molar-refractivity contribution in [3.05, 3.63) is 17.3 Å². The van der Waals surface area contributed by atoms with Crippen molar-refractivity contribution in [1.29, 1.82) is 0 Å². The Balaban J connectivity index is 2.16. The van der Waals surface area contributed by atoms with Gasteiger partial charge in [0.25, 0.3) is 0 Å². The number of nitrogens with one attached hydrogen (secondary N) is 2. The van der Waals surface area contributed by atoms with Crippen LogP contribution >= 0.6 is 0 Å². The Morgan fingerprint density at radius 2 is 2.20 bits per heavy atom. The van der Waals surface area contributed by atoms with E-state index < -0.39 is 17.4 Å². The molecule has 1 saturated heterocycles. The van der Waals surface area contributed by atoms with Crippen LogP contribution in [0.4, 0.5) is 19.0 Å². The molecule has 2 unspecified atom stereocenters. The van der Waals surface area contributed by atoms with Crippen LogP contribution in [0.25, 0.3) is 0 Å². The molecule has 6 N–H and O–H groups in total. The minimum atomic E-state index is -4.52. The summed E-state index contributed by atoms with van der Waals surface area (Å²) < 4.78 is 44.6. The maximum atomic E-state index is 13.1. The minimum Gasteiger partial charge on any atom is -0.381 e. The van der Waals surface area contributed by atoms with Crippen LogP contribution in [0, 0.1) is 5.92 Å². The number of nitrogens with zero attached hydrogens (tertiary/aromatic N) is 1. The zero-order valence-corrected chi connectivity index (χ0v) is 10.4. The smallest absolute Gasteiger partial charge is 0.381 e. The van der Waals surface area contributed by atoms with Crippen molar-refractivity contribution in [3.8, 4) is 0 Å². The van der Waals surface area contributed by atoms with Crippen molar-refractivity contribution in [1.82, 2.24) is 4.98 Å². The lowest BCUT2D eigenvalue weighted by Crippen LogP contribution is -2.49. The van der Waals surface area contributed by atoms with E-state index in [2.05, 4.69) is 15.3 Å². The van der Waals surface area contributed by atoms with Crippen LogP contribution in [0.3, 0.4) is 0 Å². The van der Waals surface area contributed by atoms with Gasteiger partial charge in [-0.3, -0.25) is 0 Å². The molecule has 0 aromatic carbocycles. The van der Waals surface area contributed by atoms with Crippen LogP contribution < -0.4 is 16.8 Å². The monoisotopic (exact) mass is 289 g/mol. The maximum Gasteiger partial charge on any atom is 0.418 e. The maximum absolute atomic E-state index is 13.1. The minimum absolute atomic E-state index is 0.0116. The molecule has 2 aliphatic heterocycles. The zero-order chi connectivity index (χ0) is 14.5. The summed E-state index contributed by atoms with van der Waals surface area (Å²) in [5, 5.41) is 2.58. The Kier molecular flexibility index (Phi) is 2.73. The Bertz CT molecular complexity index is 561. The molecule has 20 heavy (non-hydrogen) atoms. The summed E-state index contributed by atoms with van der Waals surface area (Å²) in [6.45, 7) is 0.711.